The Bertz CT molecular complexity index is 1260. The average Bonchev–Trinajstić information content (AvgIpc) is 3.08. The van der Waals surface area contributed by atoms with Crippen molar-refractivity contribution in [1.29, 1.82) is 0 Å². The molecule has 0 bridgehead atoms. The number of benzene rings is 2. The fraction of sp³-hybridized carbons (Fsp3) is 0.333. The third-order valence-corrected chi connectivity index (χ3v) is 6.55. The molecule has 0 saturated carbocycles. The van der Waals surface area contributed by atoms with Crippen LogP contribution in [0.25, 0.3) is 0 Å². The zero-order valence-corrected chi connectivity index (χ0v) is 20.8. The number of amides is 2. The van der Waals surface area contributed by atoms with Gasteiger partial charge in [0.05, 0.1) is 19.0 Å². The van der Waals surface area contributed by atoms with Crippen LogP contribution in [0.3, 0.4) is 0 Å². The fourth-order valence-electron chi connectivity index (χ4n) is 4.57. The standard InChI is InChI=1S/C27H31N7O3/c1-37-23-15-19(26(36)30-20-9-12-28-13-10-20)7-8-21(23)32-27-29-16-22-25(33-27)34(14-11-24(35)31-22)17-18-5-3-2-4-6-18/h2-8,15-16,20,28H,9-14,17H2,1H3,(H,30,36)(H,31,35)(H,29,32,33). The lowest BCUT2D eigenvalue weighted by atomic mass is 10.1. The van der Waals surface area contributed by atoms with Gasteiger partial charge in [-0.2, -0.15) is 4.98 Å². The number of hydrogen-bond acceptors (Lipinski definition) is 8. The zero-order chi connectivity index (χ0) is 25.6. The van der Waals surface area contributed by atoms with Crippen molar-refractivity contribution in [2.75, 3.05) is 42.3 Å². The number of rotatable bonds is 7. The van der Waals surface area contributed by atoms with Crippen molar-refractivity contribution >= 4 is 35.0 Å². The quantitative estimate of drug-likeness (QED) is 0.390. The summed E-state index contributed by atoms with van der Waals surface area (Å²) >= 11 is 0. The number of hydrogen-bond donors (Lipinski definition) is 4. The van der Waals surface area contributed by atoms with Gasteiger partial charge < -0.3 is 30.9 Å². The molecular weight excluding hydrogens is 470 g/mol. The highest BCUT2D eigenvalue weighted by atomic mass is 16.5. The minimum Gasteiger partial charge on any atom is -0.495 e. The first-order valence-electron chi connectivity index (χ1n) is 12.5. The molecule has 4 N–H and O–H groups in total. The molecule has 1 saturated heterocycles. The Hall–Kier alpha value is -4.18. The van der Waals surface area contributed by atoms with Crippen LogP contribution in [0, 0.1) is 0 Å². The monoisotopic (exact) mass is 501 g/mol. The number of piperidine rings is 1. The maximum absolute atomic E-state index is 12.8. The molecule has 10 heteroatoms. The number of nitrogens with one attached hydrogen (secondary N) is 4. The van der Waals surface area contributed by atoms with Gasteiger partial charge in [0, 0.05) is 31.1 Å². The van der Waals surface area contributed by atoms with Gasteiger partial charge in [-0.05, 0) is 49.7 Å². The van der Waals surface area contributed by atoms with Gasteiger partial charge in [-0.1, -0.05) is 30.3 Å². The van der Waals surface area contributed by atoms with Crippen LogP contribution in [0.15, 0.2) is 54.7 Å². The number of carbonyl (C=O) groups excluding carboxylic acids is 2. The van der Waals surface area contributed by atoms with Crippen molar-refractivity contribution in [2.24, 2.45) is 0 Å². The smallest absolute Gasteiger partial charge is 0.251 e. The molecule has 3 aromatic rings. The van der Waals surface area contributed by atoms with Gasteiger partial charge in [-0.15, -0.1) is 0 Å². The molecule has 37 heavy (non-hydrogen) atoms. The first-order valence-corrected chi connectivity index (χ1v) is 12.5. The summed E-state index contributed by atoms with van der Waals surface area (Å²) in [5.74, 6) is 1.32. The van der Waals surface area contributed by atoms with E-state index >= 15 is 0 Å². The topological polar surface area (TPSA) is 121 Å². The van der Waals surface area contributed by atoms with Gasteiger partial charge in [-0.25, -0.2) is 4.98 Å². The van der Waals surface area contributed by atoms with Crippen LogP contribution in [0.2, 0.25) is 0 Å². The minimum absolute atomic E-state index is 0.0684. The Labute approximate surface area is 215 Å². The summed E-state index contributed by atoms with van der Waals surface area (Å²) in [4.78, 5) is 36.3. The van der Waals surface area contributed by atoms with E-state index in [1.165, 1.54) is 0 Å². The molecule has 1 fully saturated rings. The van der Waals surface area contributed by atoms with Crippen molar-refractivity contribution < 1.29 is 14.3 Å². The molecule has 0 radical (unpaired) electrons. The predicted molar refractivity (Wildman–Crippen MR) is 142 cm³/mol. The highest BCUT2D eigenvalue weighted by Gasteiger charge is 2.23. The van der Waals surface area contributed by atoms with Crippen LogP contribution in [-0.4, -0.2) is 54.6 Å². The van der Waals surface area contributed by atoms with Crippen LogP contribution in [0.5, 0.6) is 5.75 Å². The Morgan fingerprint density at radius 1 is 1.16 bits per heavy atom. The first kappa shape index (κ1) is 24.5. The molecule has 0 unspecified atom stereocenters. The second kappa shape index (κ2) is 11.3. The number of fused-ring (bicyclic) bond motifs is 1. The fourth-order valence-corrected chi connectivity index (χ4v) is 4.57. The van der Waals surface area contributed by atoms with Gasteiger partial charge in [0.2, 0.25) is 11.9 Å². The van der Waals surface area contributed by atoms with E-state index in [4.69, 9.17) is 9.72 Å². The molecular formula is C27H31N7O3. The normalized spacial score (nSPS) is 15.8. The average molecular weight is 502 g/mol. The maximum atomic E-state index is 12.8. The van der Waals surface area contributed by atoms with Crippen LogP contribution in [0.1, 0.15) is 35.2 Å². The number of nitrogens with zero attached hydrogens (tertiary/aromatic N) is 3. The number of aromatic nitrogens is 2. The van der Waals surface area contributed by atoms with E-state index < -0.39 is 0 Å². The molecule has 0 atom stereocenters. The lowest BCUT2D eigenvalue weighted by Gasteiger charge is -2.24. The molecule has 0 spiro atoms. The van der Waals surface area contributed by atoms with Crippen LogP contribution >= 0.6 is 0 Å². The summed E-state index contributed by atoms with van der Waals surface area (Å²) in [5, 5.41) is 12.5. The molecule has 192 valence electrons. The number of ether oxygens (including phenoxy) is 1. The summed E-state index contributed by atoms with van der Waals surface area (Å²) < 4.78 is 5.57. The van der Waals surface area contributed by atoms with Gasteiger partial charge >= 0.3 is 0 Å². The Morgan fingerprint density at radius 2 is 1.97 bits per heavy atom. The number of carbonyl (C=O) groups is 2. The van der Waals surface area contributed by atoms with E-state index in [0.717, 1.165) is 31.5 Å². The predicted octanol–water partition coefficient (Wildman–Crippen LogP) is 3.06. The number of anilines is 4. The lowest BCUT2D eigenvalue weighted by Crippen LogP contribution is -2.42. The molecule has 3 heterocycles. The molecule has 10 nitrogen and oxygen atoms in total. The Kier molecular flexibility index (Phi) is 7.46. The highest BCUT2D eigenvalue weighted by molar-refractivity contribution is 5.96. The summed E-state index contributed by atoms with van der Waals surface area (Å²) in [6, 6.07) is 15.5. The van der Waals surface area contributed by atoms with Crippen molar-refractivity contribution in [3.8, 4) is 5.75 Å². The second-order valence-electron chi connectivity index (χ2n) is 9.17. The van der Waals surface area contributed by atoms with Gasteiger partial charge in [-0.3, -0.25) is 9.59 Å². The molecule has 0 aliphatic carbocycles. The summed E-state index contributed by atoms with van der Waals surface area (Å²) in [7, 11) is 1.56. The summed E-state index contributed by atoms with van der Waals surface area (Å²) in [6.45, 7) is 2.96. The van der Waals surface area contributed by atoms with Crippen LogP contribution in [0.4, 0.5) is 23.1 Å². The SMILES string of the molecule is COc1cc(C(=O)NC2CCNCC2)ccc1Nc1ncc2c(n1)N(Cc1ccccc1)CCC(=O)N2. The Balaban J connectivity index is 1.36. The van der Waals surface area contributed by atoms with Crippen molar-refractivity contribution in [3.05, 3.63) is 65.9 Å². The summed E-state index contributed by atoms with van der Waals surface area (Å²) in [6.07, 6.45) is 3.81. The first-order chi connectivity index (χ1) is 18.1. The van der Waals surface area contributed by atoms with E-state index in [2.05, 4.69) is 31.2 Å². The van der Waals surface area contributed by atoms with Crippen molar-refractivity contribution in [2.45, 2.75) is 31.8 Å². The molecule has 5 rings (SSSR count). The minimum atomic E-state index is -0.120. The van der Waals surface area contributed by atoms with E-state index in [1.807, 2.05) is 30.3 Å². The van der Waals surface area contributed by atoms with Crippen molar-refractivity contribution in [1.82, 2.24) is 20.6 Å². The Morgan fingerprint density at radius 3 is 2.76 bits per heavy atom. The largest absolute Gasteiger partial charge is 0.495 e. The third-order valence-electron chi connectivity index (χ3n) is 6.55. The summed E-state index contributed by atoms with van der Waals surface area (Å²) in [5.41, 5.74) is 2.85. The molecule has 2 aliphatic rings. The van der Waals surface area contributed by atoms with E-state index in [1.54, 1.807) is 31.5 Å². The van der Waals surface area contributed by atoms with Crippen molar-refractivity contribution in [3.63, 3.8) is 0 Å². The molecule has 1 aromatic heterocycles. The second-order valence-corrected chi connectivity index (χ2v) is 9.17. The molecule has 2 aromatic carbocycles. The maximum Gasteiger partial charge on any atom is 0.251 e. The molecule has 2 aliphatic heterocycles. The van der Waals surface area contributed by atoms with E-state index in [-0.39, 0.29) is 17.9 Å². The molecule has 2 amide bonds. The van der Waals surface area contributed by atoms with Gasteiger partial charge in [0.25, 0.3) is 5.91 Å². The van der Waals surface area contributed by atoms with E-state index in [0.29, 0.717) is 54.0 Å². The zero-order valence-electron chi connectivity index (χ0n) is 20.8. The van der Waals surface area contributed by atoms with Gasteiger partial charge in [0.1, 0.15) is 11.4 Å². The highest BCUT2D eigenvalue weighted by Crippen LogP contribution is 2.32. The van der Waals surface area contributed by atoms with Crippen LogP contribution < -0.4 is 30.9 Å². The van der Waals surface area contributed by atoms with Crippen LogP contribution in [-0.2, 0) is 11.3 Å². The van der Waals surface area contributed by atoms with Gasteiger partial charge in [0.15, 0.2) is 5.82 Å². The number of methoxy groups -OCH3 is 1. The third kappa shape index (κ3) is 5.97. The lowest BCUT2D eigenvalue weighted by molar-refractivity contribution is -0.115. The van der Waals surface area contributed by atoms with E-state index in [9.17, 15) is 9.59 Å².